The Morgan fingerprint density at radius 3 is 2.38 bits per heavy atom. The number of nitroso groups, excluding NO2 is 1. The van der Waals surface area contributed by atoms with Gasteiger partial charge in [-0.25, -0.2) is 0 Å². The Labute approximate surface area is 98.7 Å². The zero-order valence-corrected chi connectivity index (χ0v) is 9.70. The molecule has 0 saturated carbocycles. The Hall–Kier alpha value is -1.61. The van der Waals surface area contributed by atoms with Gasteiger partial charge in [0.25, 0.3) is 0 Å². The Morgan fingerprint density at radius 2 is 1.75 bits per heavy atom. The quantitative estimate of drug-likeness (QED) is 0.723. The van der Waals surface area contributed by atoms with Crippen LogP contribution in [0.5, 0.6) is 0 Å². The van der Waals surface area contributed by atoms with Crippen LogP contribution >= 0.6 is 11.8 Å². The second kappa shape index (κ2) is 4.94. The molecule has 0 bridgehead atoms. The predicted octanol–water partition coefficient (Wildman–Crippen LogP) is 4.54. The van der Waals surface area contributed by atoms with Crippen LogP contribution in [0.4, 0.5) is 5.69 Å². The fourth-order valence-corrected chi connectivity index (χ4v) is 2.36. The second-order valence-electron chi connectivity index (χ2n) is 3.45. The van der Waals surface area contributed by atoms with Gasteiger partial charge >= 0.3 is 0 Å². The van der Waals surface area contributed by atoms with E-state index in [1.54, 1.807) is 17.8 Å². The second-order valence-corrected chi connectivity index (χ2v) is 4.60. The third kappa shape index (κ3) is 2.49. The van der Waals surface area contributed by atoms with Crippen LogP contribution < -0.4 is 0 Å². The van der Waals surface area contributed by atoms with Gasteiger partial charge in [0.1, 0.15) is 5.69 Å². The lowest BCUT2D eigenvalue weighted by molar-refractivity contribution is 1.31. The number of aryl methyl sites for hydroxylation is 1. The molecule has 0 atom stereocenters. The van der Waals surface area contributed by atoms with Crippen molar-refractivity contribution in [1.29, 1.82) is 0 Å². The average Bonchev–Trinajstić information content (AvgIpc) is 2.31. The molecule has 0 fully saturated rings. The topological polar surface area (TPSA) is 29.4 Å². The van der Waals surface area contributed by atoms with Gasteiger partial charge in [0.05, 0.1) is 0 Å². The van der Waals surface area contributed by atoms with E-state index < -0.39 is 0 Å². The molecule has 80 valence electrons. The number of rotatable bonds is 3. The highest BCUT2D eigenvalue weighted by atomic mass is 32.2. The smallest absolute Gasteiger partial charge is 0.110 e. The standard InChI is InChI=1S/C13H11NOS/c1-10-9-12(7-8-13(10)14-15)16-11-5-3-2-4-6-11/h2-9H,1H3. The van der Waals surface area contributed by atoms with Crippen molar-refractivity contribution in [3.63, 3.8) is 0 Å². The first kappa shape index (κ1) is 10.9. The van der Waals surface area contributed by atoms with Gasteiger partial charge in [-0.1, -0.05) is 30.0 Å². The van der Waals surface area contributed by atoms with E-state index in [2.05, 4.69) is 17.3 Å². The number of benzene rings is 2. The SMILES string of the molecule is Cc1cc(Sc2ccccc2)ccc1N=O. The number of hydrogen-bond donors (Lipinski definition) is 0. The normalized spacial score (nSPS) is 10.1. The van der Waals surface area contributed by atoms with Crippen LogP contribution in [-0.2, 0) is 0 Å². The molecule has 0 aliphatic rings. The highest BCUT2D eigenvalue weighted by molar-refractivity contribution is 7.99. The highest BCUT2D eigenvalue weighted by Crippen LogP contribution is 2.30. The van der Waals surface area contributed by atoms with E-state index in [9.17, 15) is 4.91 Å². The molecule has 0 aromatic heterocycles. The first-order valence-corrected chi connectivity index (χ1v) is 5.78. The molecule has 3 heteroatoms. The maximum atomic E-state index is 10.4. The summed E-state index contributed by atoms with van der Waals surface area (Å²) in [5.74, 6) is 0. The zero-order chi connectivity index (χ0) is 11.4. The van der Waals surface area contributed by atoms with E-state index in [0.29, 0.717) is 5.69 Å². The van der Waals surface area contributed by atoms with Gasteiger partial charge in [-0.2, -0.15) is 0 Å². The summed E-state index contributed by atoms with van der Waals surface area (Å²) in [7, 11) is 0. The first-order valence-electron chi connectivity index (χ1n) is 4.96. The lowest BCUT2D eigenvalue weighted by atomic mass is 10.2. The van der Waals surface area contributed by atoms with Gasteiger partial charge in [0, 0.05) is 9.79 Å². The fraction of sp³-hybridized carbons (Fsp3) is 0.0769. The predicted molar refractivity (Wildman–Crippen MR) is 67.2 cm³/mol. The van der Waals surface area contributed by atoms with Gasteiger partial charge in [-0.05, 0) is 48.0 Å². The van der Waals surface area contributed by atoms with Crippen molar-refractivity contribution in [2.75, 3.05) is 0 Å². The lowest BCUT2D eigenvalue weighted by Crippen LogP contribution is -1.77. The molecule has 0 aliphatic heterocycles. The third-order valence-corrected chi connectivity index (χ3v) is 3.24. The van der Waals surface area contributed by atoms with Crippen molar-refractivity contribution in [3.05, 3.63) is 59.0 Å². The molecule has 0 amide bonds. The number of nitrogens with zero attached hydrogens (tertiary/aromatic N) is 1. The summed E-state index contributed by atoms with van der Waals surface area (Å²) >= 11 is 1.68. The van der Waals surface area contributed by atoms with E-state index in [1.807, 2.05) is 37.3 Å². The van der Waals surface area contributed by atoms with Gasteiger partial charge in [-0.15, -0.1) is 4.91 Å². The van der Waals surface area contributed by atoms with Crippen molar-refractivity contribution >= 4 is 17.4 Å². The Morgan fingerprint density at radius 1 is 1.00 bits per heavy atom. The molecule has 0 aliphatic carbocycles. The largest absolute Gasteiger partial charge is 0.145 e. The summed E-state index contributed by atoms with van der Waals surface area (Å²) in [6.07, 6.45) is 0. The molecule has 16 heavy (non-hydrogen) atoms. The summed E-state index contributed by atoms with van der Waals surface area (Å²) in [6, 6.07) is 15.8. The minimum Gasteiger partial charge on any atom is -0.145 e. The van der Waals surface area contributed by atoms with Crippen LogP contribution in [0.15, 0.2) is 63.5 Å². The van der Waals surface area contributed by atoms with Crippen molar-refractivity contribution in [2.24, 2.45) is 5.18 Å². The molecule has 2 rings (SSSR count). The monoisotopic (exact) mass is 229 g/mol. The van der Waals surface area contributed by atoms with E-state index in [0.717, 1.165) is 10.5 Å². The van der Waals surface area contributed by atoms with Crippen LogP contribution in [0.3, 0.4) is 0 Å². The fourth-order valence-electron chi connectivity index (χ4n) is 1.42. The van der Waals surface area contributed by atoms with E-state index in [4.69, 9.17) is 0 Å². The third-order valence-electron chi connectivity index (χ3n) is 2.25. The Bertz CT molecular complexity index is 497. The van der Waals surface area contributed by atoms with Crippen LogP contribution in [-0.4, -0.2) is 0 Å². The molecule has 0 heterocycles. The summed E-state index contributed by atoms with van der Waals surface area (Å²) in [4.78, 5) is 12.8. The molecule has 0 saturated heterocycles. The van der Waals surface area contributed by atoms with E-state index in [1.165, 1.54) is 4.90 Å². The van der Waals surface area contributed by atoms with Crippen molar-refractivity contribution in [2.45, 2.75) is 16.7 Å². The Kier molecular flexibility index (Phi) is 3.37. The summed E-state index contributed by atoms with van der Waals surface area (Å²) in [6.45, 7) is 1.89. The van der Waals surface area contributed by atoms with Crippen molar-refractivity contribution < 1.29 is 0 Å². The summed E-state index contributed by atoms with van der Waals surface area (Å²) in [5.41, 5.74) is 1.42. The summed E-state index contributed by atoms with van der Waals surface area (Å²) in [5, 5.41) is 2.96. The molecule has 0 spiro atoms. The van der Waals surface area contributed by atoms with Gasteiger partial charge in [0.2, 0.25) is 0 Å². The molecule has 0 radical (unpaired) electrons. The lowest BCUT2D eigenvalue weighted by Gasteiger charge is -2.03. The molecule has 2 aromatic rings. The molecule has 0 N–H and O–H groups in total. The molecule has 0 unspecified atom stereocenters. The van der Waals surface area contributed by atoms with Crippen LogP contribution in [0.2, 0.25) is 0 Å². The van der Waals surface area contributed by atoms with Gasteiger partial charge in [-0.3, -0.25) is 0 Å². The molecule has 2 nitrogen and oxygen atoms in total. The highest BCUT2D eigenvalue weighted by Gasteiger charge is 2.01. The molecular weight excluding hydrogens is 218 g/mol. The molecule has 2 aromatic carbocycles. The maximum absolute atomic E-state index is 10.4. The van der Waals surface area contributed by atoms with Crippen LogP contribution in [0, 0.1) is 11.8 Å². The molecular formula is C13H11NOS. The van der Waals surface area contributed by atoms with Crippen LogP contribution in [0.25, 0.3) is 0 Å². The first-order chi connectivity index (χ1) is 7.79. The Balaban J connectivity index is 2.23. The minimum atomic E-state index is 0.511. The van der Waals surface area contributed by atoms with E-state index in [-0.39, 0.29) is 0 Å². The van der Waals surface area contributed by atoms with Crippen molar-refractivity contribution in [1.82, 2.24) is 0 Å². The van der Waals surface area contributed by atoms with Gasteiger partial charge in [0.15, 0.2) is 0 Å². The van der Waals surface area contributed by atoms with Gasteiger partial charge < -0.3 is 0 Å². The maximum Gasteiger partial charge on any atom is 0.110 e. The number of hydrogen-bond acceptors (Lipinski definition) is 3. The van der Waals surface area contributed by atoms with E-state index >= 15 is 0 Å². The summed E-state index contributed by atoms with van der Waals surface area (Å²) < 4.78 is 0. The van der Waals surface area contributed by atoms with Crippen molar-refractivity contribution in [3.8, 4) is 0 Å². The van der Waals surface area contributed by atoms with Crippen LogP contribution in [0.1, 0.15) is 5.56 Å². The average molecular weight is 229 g/mol. The zero-order valence-electron chi connectivity index (χ0n) is 8.88. The minimum absolute atomic E-state index is 0.511.